The van der Waals surface area contributed by atoms with Crippen molar-refractivity contribution < 1.29 is 52.7 Å². The number of carbonyl (C=O) groups excluding carboxylic acids is 4. The number of hydrogen-bond acceptors (Lipinski definition) is 11. The summed E-state index contributed by atoms with van der Waals surface area (Å²) >= 11 is 1.96. The Balaban J connectivity index is 2.47. The molecule has 1 aliphatic rings. The predicted octanol–water partition coefficient (Wildman–Crippen LogP) is 1.46. The monoisotopic (exact) mass is 566 g/mol. The van der Waals surface area contributed by atoms with Gasteiger partial charge in [-0.1, -0.05) is 0 Å². The van der Waals surface area contributed by atoms with Crippen molar-refractivity contribution in [2.75, 3.05) is 6.61 Å². The second-order valence-electron chi connectivity index (χ2n) is 6.83. The van der Waals surface area contributed by atoms with Crippen LogP contribution in [0.5, 0.6) is 11.5 Å². The quantitative estimate of drug-likeness (QED) is 0.291. The van der Waals surface area contributed by atoms with Gasteiger partial charge < -0.3 is 33.5 Å². The first-order valence-electron chi connectivity index (χ1n) is 9.43. The molecule has 0 radical (unpaired) electrons. The lowest BCUT2D eigenvalue weighted by atomic mass is 9.98. The topological polar surface area (TPSA) is 144 Å². The molecule has 11 nitrogen and oxygen atoms in total. The lowest BCUT2D eigenvalue weighted by Gasteiger charge is -2.43. The molecule has 1 saturated heterocycles. The minimum absolute atomic E-state index is 0.0856. The Bertz CT molecular complexity index is 851. The lowest BCUT2D eigenvalue weighted by Crippen LogP contribution is -2.63. The molecule has 5 atom stereocenters. The Morgan fingerprint density at radius 2 is 1.44 bits per heavy atom. The summed E-state index contributed by atoms with van der Waals surface area (Å²) in [5, 5.41) is 9.85. The van der Waals surface area contributed by atoms with E-state index in [1.165, 1.54) is 19.1 Å². The predicted molar refractivity (Wildman–Crippen MR) is 113 cm³/mol. The first-order chi connectivity index (χ1) is 15.0. The van der Waals surface area contributed by atoms with E-state index in [1.807, 2.05) is 22.6 Å². The molecule has 0 amide bonds. The van der Waals surface area contributed by atoms with Crippen LogP contribution < -0.4 is 4.74 Å². The van der Waals surface area contributed by atoms with Crippen LogP contribution in [0.3, 0.4) is 0 Å². The number of esters is 4. The van der Waals surface area contributed by atoms with Gasteiger partial charge in [0.25, 0.3) is 0 Å². The first-order valence-corrected chi connectivity index (χ1v) is 10.5. The molecule has 176 valence electrons. The Morgan fingerprint density at radius 1 is 0.875 bits per heavy atom. The molecule has 1 heterocycles. The average molecular weight is 566 g/mol. The smallest absolute Gasteiger partial charge is 0.303 e. The highest BCUT2D eigenvalue weighted by Gasteiger charge is 2.53. The zero-order valence-electron chi connectivity index (χ0n) is 17.7. The molecule has 1 fully saturated rings. The minimum Gasteiger partial charge on any atom is -0.508 e. The molecule has 0 aliphatic carbocycles. The number of halogens is 1. The van der Waals surface area contributed by atoms with E-state index in [0.29, 0.717) is 3.57 Å². The third kappa shape index (κ3) is 7.51. The third-order valence-electron chi connectivity index (χ3n) is 4.06. The van der Waals surface area contributed by atoms with Crippen molar-refractivity contribution in [2.24, 2.45) is 0 Å². The van der Waals surface area contributed by atoms with Crippen molar-refractivity contribution in [3.05, 3.63) is 21.8 Å². The first kappa shape index (κ1) is 25.6. The van der Waals surface area contributed by atoms with Crippen LogP contribution in [-0.2, 0) is 42.9 Å². The van der Waals surface area contributed by atoms with Crippen molar-refractivity contribution in [3.8, 4) is 11.5 Å². The van der Waals surface area contributed by atoms with Crippen LogP contribution in [0.15, 0.2) is 18.2 Å². The maximum absolute atomic E-state index is 11.8. The third-order valence-corrected chi connectivity index (χ3v) is 4.68. The zero-order chi connectivity index (χ0) is 24.0. The van der Waals surface area contributed by atoms with E-state index < -0.39 is 54.6 Å². The van der Waals surface area contributed by atoms with Crippen LogP contribution in [0.25, 0.3) is 0 Å². The van der Waals surface area contributed by atoms with Gasteiger partial charge in [-0.2, -0.15) is 0 Å². The van der Waals surface area contributed by atoms with Gasteiger partial charge in [0.2, 0.25) is 12.4 Å². The summed E-state index contributed by atoms with van der Waals surface area (Å²) in [6.45, 7) is 4.20. The second kappa shape index (κ2) is 11.3. The van der Waals surface area contributed by atoms with Gasteiger partial charge in [0.15, 0.2) is 12.2 Å². The van der Waals surface area contributed by atoms with Crippen LogP contribution in [0.2, 0.25) is 0 Å². The van der Waals surface area contributed by atoms with E-state index in [1.54, 1.807) is 6.07 Å². The van der Waals surface area contributed by atoms with Crippen molar-refractivity contribution in [1.29, 1.82) is 0 Å². The molecule has 0 saturated carbocycles. The van der Waals surface area contributed by atoms with Crippen LogP contribution in [0.1, 0.15) is 27.7 Å². The van der Waals surface area contributed by atoms with Gasteiger partial charge in [-0.05, 0) is 34.7 Å². The molecule has 0 unspecified atom stereocenters. The molecule has 0 spiro atoms. The zero-order valence-corrected chi connectivity index (χ0v) is 19.9. The Kier molecular flexibility index (Phi) is 9.07. The van der Waals surface area contributed by atoms with E-state index in [4.69, 9.17) is 28.4 Å². The number of carbonyl (C=O) groups is 4. The SMILES string of the molecule is CC(=O)OC[C@H]1O[C@@H](Oc2cc(O)cc(I)c2)[C@H](OC(C)=O)[C@@H](OC(C)=O)[C@@H]1OC(C)=O. The van der Waals surface area contributed by atoms with Gasteiger partial charge in [0, 0.05) is 37.3 Å². The number of phenols is 1. The number of rotatable bonds is 7. The summed E-state index contributed by atoms with van der Waals surface area (Å²) < 4.78 is 33.2. The number of hydrogen-bond donors (Lipinski definition) is 1. The maximum Gasteiger partial charge on any atom is 0.303 e. The molecule has 1 aromatic rings. The molecule has 1 aromatic carbocycles. The van der Waals surface area contributed by atoms with Gasteiger partial charge in [-0.3, -0.25) is 19.2 Å². The van der Waals surface area contributed by atoms with E-state index in [9.17, 15) is 24.3 Å². The van der Waals surface area contributed by atoms with Gasteiger partial charge in [-0.15, -0.1) is 0 Å². The molecule has 12 heteroatoms. The van der Waals surface area contributed by atoms with E-state index in [-0.39, 0.29) is 18.1 Å². The normalized spacial score (nSPS) is 24.7. The van der Waals surface area contributed by atoms with Crippen LogP contribution >= 0.6 is 22.6 Å². The number of ether oxygens (including phenoxy) is 6. The number of benzene rings is 1. The standard InChI is InChI=1S/C20H23IO11/c1-9(22)27-8-16-17(28-10(2)23)18(29-11(3)24)19(30-12(4)25)20(32-16)31-15-6-13(21)5-14(26)7-15/h5-7,16-20,26H,8H2,1-4H3/t16-,17-,18+,19-,20-/m1/s1. The van der Waals surface area contributed by atoms with E-state index >= 15 is 0 Å². The highest BCUT2D eigenvalue weighted by molar-refractivity contribution is 14.1. The van der Waals surface area contributed by atoms with Gasteiger partial charge in [0.05, 0.1) is 0 Å². The summed E-state index contributed by atoms with van der Waals surface area (Å²) in [5.41, 5.74) is 0. The molecular formula is C20H23IO11. The Labute approximate surface area is 197 Å². The summed E-state index contributed by atoms with van der Waals surface area (Å²) in [6.07, 6.45) is -6.46. The molecule has 0 bridgehead atoms. The molecule has 2 rings (SSSR count). The minimum atomic E-state index is -1.37. The molecular weight excluding hydrogens is 543 g/mol. The summed E-state index contributed by atoms with van der Waals surface area (Å²) in [7, 11) is 0. The van der Waals surface area contributed by atoms with Crippen LogP contribution in [-0.4, -0.2) is 66.3 Å². The highest BCUT2D eigenvalue weighted by atomic mass is 127. The molecule has 1 N–H and O–H groups in total. The van der Waals surface area contributed by atoms with Crippen molar-refractivity contribution in [3.63, 3.8) is 0 Å². The van der Waals surface area contributed by atoms with Gasteiger partial charge >= 0.3 is 23.9 Å². The largest absolute Gasteiger partial charge is 0.508 e. The fourth-order valence-electron chi connectivity index (χ4n) is 3.03. The Hall–Kier alpha value is -2.61. The second-order valence-corrected chi connectivity index (χ2v) is 8.08. The van der Waals surface area contributed by atoms with Crippen LogP contribution in [0, 0.1) is 3.57 Å². The van der Waals surface area contributed by atoms with Crippen molar-refractivity contribution in [1.82, 2.24) is 0 Å². The van der Waals surface area contributed by atoms with Gasteiger partial charge in [0.1, 0.15) is 24.2 Å². The summed E-state index contributed by atoms with van der Waals surface area (Å²) in [6, 6.07) is 4.37. The molecule has 32 heavy (non-hydrogen) atoms. The van der Waals surface area contributed by atoms with Crippen LogP contribution in [0.4, 0.5) is 0 Å². The average Bonchev–Trinajstić information content (AvgIpc) is 2.63. The maximum atomic E-state index is 11.8. The fraction of sp³-hybridized carbons (Fsp3) is 0.500. The molecule has 1 aliphatic heterocycles. The van der Waals surface area contributed by atoms with E-state index in [2.05, 4.69) is 0 Å². The summed E-state index contributed by atoms with van der Waals surface area (Å²) in [5.74, 6) is -2.76. The number of phenolic OH excluding ortho intramolecular Hbond substituents is 1. The van der Waals surface area contributed by atoms with E-state index in [0.717, 1.165) is 20.8 Å². The van der Waals surface area contributed by atoms with Crippen molar-refractivity contribution >= 4 is 46.5 Å². The highest BCUT2D eigenvalue weighted by Crippen LogP contribution is 2.32. The Morgan fingerprint density at radius 3 is 1.97 bits per heavy atom. The molecule has 0 aromatic heterocycles. The van der Waals surface area contributed by atoms with Gasteiger partial charge in [-0.25, -0.2) is 0 Å². The van der Waals surface area contributed by atoms with Crippen molar-refractivity contribution in [2.45, 2.75) is 58.4 Å². The lowest BCUT2D eigenvalue weighted by molar-refractivity contribution is -0.288. The summed E-state index contributed by atoms with van der Waals surface area (Å²) in [4.78, 5) is 46.6. The number of aromatic hydroxyl groups is 1. The fourth-order valence-corrected chi connectivity index (χ4v) is 3.66.